The SMILES string of the molecule is [2H]C1([2H])N(C(=O)CCOCC(C)Nc2cn[nH]c(=O)c2C(F)(F)F)C([2H])([2H])C([2H])([2H])N(c2ncc(C(F)(F)F)cn2)C1([2H])[2H]. The van der Waals surface area contributed by atoms with Crippen LogP contribution in [0.1, 0.15) is 35.4 Å². The van der Waals surface area contributed by atoms with Crippen molar-refractivity contribution >= 4 is 17.5 Å². The maximum absolute atomic E-state index is 13.2. The Hall–Kier alpha value is -3.43. The number of rotatable bonds is 8. The predicted molar refractivity (Wildman–Crippen MR) is 114 cm³/mol. The fourth-order valence-corrected chi connectivity index (χ4v) is 2.69. The summed E-state index contributed by atoms with van der Waals surface area (Å²) in [5, 5.41) is 7.32. The number of nitrogens with one attached hydrogen (secondary N) is 2. The molecule has 3 rings (SSSR count). The van der Waals surface area contributed by atoms with Gasteiger partial charge >= 0.3 is 12.4 Å². The molecule has 1 fully saturated rings. The molecule has 1 aliphatic heterocycles. The lowest BCUT2D eigenvalue weighted by Crippen LogP contribution is -2.49. The summed E-state index contributed by atoms with van der Waals surface area (Å²) in [5.74, 6) is -2.62. The zero-order valence-corrected chi connectivity index (χ0v) is 18.2. The van der Waals surface area contributed by atoms with Gasteiger partial charge in [0, 0.05) is 44.4 Å². The van der Waals surface area contributed by atoms with E-state index in [0.29, 0.717) is 6.20 Å². The highest BCUT2D eigenvalue weighted by Gasteiger charge is 2.37. The van der Waals surface area contributed by atoms with Crippen molar-refractivity contribution in [2.24, 2.45) is 0 Å². The van der Waals surface area contributed by atoms with Gasteiger partial charge in [-0.25, -0.2) is 15.1 Å². The lowest BCUT2D eigenvalue weighted by molar-refractivity contribution is -0.139. The van der Waals surface area contributed by atoms with Crippen molar-refractivity contribution < 1.29 is 46.8 Å². The minimum absolute atomic E-state index is 0.167. The molecule has 0 aliphatic carbocycles. The Balaban J connectivity index is 1.76. The molecular formula is C20H23F6N7O3. The number of alkyl halides is 6. The smallest absolute Gasteiger partial charge is 0.379 e. The van der Waals surface area contributed by atoms with Gasteiger partial charge in [0.2, 0.25) is 11.9 Å². The molecule has 2 aromatic rings. The van der Waals surface area contributed by atoms with E-state index in [-0.39, 0.29) is 22.2 Å². The number of aromatic nitrogens is 4. The lowest BCUT2D eigenvalue weighted by Gasteiger charge is -2.34. The molecule has 2 N–H and O–H groups in total. The summed E-state index contributed by atoms with van der Waals surface area (Å²) in [7, 11) is 0. The molecule has 198 valence electrons. The number of piperazine rings is 1. The Morgan fingerprint density at radius 2 is 1.78 bits per heavy atom. The quantitative estimate of drug-likeness (QED) is 0.393. The maximum atomic E-state index is 13.2. The summed E-state index contributed by atoms with van der Waals surface area (Å²) in [5.41, 5.74) is -5.13. The van der Waals surface area contributed by atoms with E-state index < -0.39 is 98.2 Å². The Labute approximate surface area is 211 Å². The zero-order valence-electron chi connectivity index (χ0n) is 26.2. The number of amides is 1. The number of hydrogen-bond donors (Lipinski definition) is 2. The first-order valence-electron chi connectivity index (χ1n) is 13.9. The van der Waals surface area contributed by atoms with E-state index in [1.807, 2.05) is 0 Å². The molecule has 3 heterocycles. The highest BCUT2D eigenvalue weighted by atomic mass is 19.4. The van der Waals surface area contributed by atoms with Crippen molar-refractivity contribution in [3.63, 3.8) is 0 Å². The van der Waals surface area contributed by atoms with Crippen molar-refractivity contribution in [2.75, 3.05) is 49.4 Å². The Morgan fingerprint density at radius 1 is 1.14 bits per heavy atom. The van der Waals surface area contributed by atoms with Crippen molar-refractivity contribution in [2.45, 2.75) is 31.7 Å². The molecule has 1 aliphatic rings. The molecule has 1 amide bonds. The molecule has 0 spiro atoms. The van der Waals surface area contributed by atoms with Crippen molar-refractivity contribution in [1.29, 1.82) is 0 Å². The minimum Gasteiger partial charge on any atom is -0.379 e. The summed E-state index contributed by atoms with van der Waals surface area (Å²) >= 11 is 0. The first-order chi connectivity index (χ1) is 19.9. The molecule has 0 bridgehead atoms. The number of H-pyrrole nitrogens is 1. The summed E-state index contributed by atoms with van der Waals surface area (Å²) in [4.78, 5) is 30.5. The van der Waals surface area contributed by atoms with Crippen molar-refractivity contribution in [1.82, 2.24) is 25.1 Å². The first-order valence-corrected chi connectivity index (χ1v) is 9.90. The number of aromatic amines is 1. The van der Waals surface area contributed by atoms with Crippen LogP contribution in [0.5, 0.6) is 0 Å². The van der Waals surface area contributed by atoms with E-state index >= 15 is 0 Å². The van der Waals surface area contributed by atoms with Gasteiger partial charge in [0.05, 0.1) is 48.0 Å². The number of anilines is 2. The Kier molecular flexibility index (Phi) is 5.52. The standard InChI is InChI=1S/C20H23F6N7O3/c1-12(30-14-10-29-31-17(35)16(14)20(24,25)26)11-36-7-2-15(34)32-3-5-33(6-4-32)18-27-8-13(9-28-18)19(21,22)23/h8-10,12H,2-7,11H2,1H3,(H2,30,31,35)/i3D2,4D2,5D2,6D2. The van der Waals surface area contributed by atoms with Gasteiger partial charge in [0.15, 0.2) is 0 Å². The molecule has 36 heavy (non-hydrogen) atoms. The van der Waals surface area contributed by atoms with Crippen molar-refractivity contribution in [3.8, 4) is 0 Å². The number of carbonyl (C=O) groups excluding carboxylic acids is 1. The minimum atomic E-state index is -5.03. The van der Waals surface area contributed by atoms with Crippen LogP contribution < -0.4 is 15.8 Å². The summed E-state index contributed by atoms with van der Waals surface area (Å²) in [6.07, 6.45) is -9.77. The van der Waals surface area contributed by atoms with E-state index in [9.17, 15) is 35.9 Å². The number of carbonyl (C=O) groups is 1. The Bertz CT molecular complexity index is 1400. The Morgan fingerprint density at radius 3 is 2.36 bits per heavy atom. The van der Waals surface area contributed by atoms with Gasteiger partial charge in [-0.1, -0.05) is 0 Å². The zero-order chi connectivity index (χ0) is 33.7. The maximum Gasteiger partial charge on any atom is 0.423 e. The normalized spacial score (nSPS) is 24.5. The largest absolute Gasteiger partial charge is 0.423 e. The van der Waals surface area contributed by atoms with Crippen LogP contribution in [-0.2, 0) is 21.9 Å². The molecule has 2 aromatic heterocycles. The summed E-state index contributed by atoms with van der Waals surface area (Å²) < 4.78 is 150. The van der Waals surface area contributed by atoms with E-state index in [2.05, 4.69) is 20.4 Å². The summed E-state index contributed by atoms with van der Waals surface area (Å²) in [6.45, 7) is -14.4. The van der Waals surface area contributed by atoms with Gasteiger partial charge in [-0.3, -0.25) is 9.59 Å². The predicted octanol–water partition coefficient (Wildman–Crippen LogP) is 2.15. The van der Waals surface area contributed by atoms with Gasteiger partial charge in [0.1, 0.15) is 5.56 Å². The summed E-state index contributed by atoms with van der Waals surface area (Å²) in [6, 6.07) is -0.928. The molecule has 1 saturated heterocycles. The van der Waals surface area contributed by atoms with Crippen LogP contribution in [0.15, 0.2) is 23.4 Å². The third-order valence-electron chi connectivity index (χ3n) is 4.33. The molecule has 0 saturated carbocycles. The topological polar surface area (TPSA) is 116 Å². The number of hydrogen-bond acceptors (Lipinski definition) is 8. The molecular weight excluding hydrogens is 500 g/mol. The second-order valence-corrected chi connectivity index (χ2v) is 7.14. The van der Waals surface area contributed by atoms with Crippen LogP contribution in [0.2, 0.25) is 0 Å². The highest BCUT2D eigenvalue weighted by Crippen LogP contribution is 2.31. The molecule has 1 unspecified atom stereocenters. The monoisotopic (exact) mass is 531 g/mol. The number of ether oxygens (including phenoxy) is 1. The molecule has 10 nitrogen and oxygen atoms in total. The average Bonchev–Trinajstić information content (AvgIpc) is 2.84. The number of nitrogens with zero attached hydrogens (tertiary/aromatic N) is 5. The average molecular weight is 531 g/mol. The van der Waals surface area contributed by atoms with E-state index in [4.69, 9.17) is 15.7 Å². The second kappa shape index (κ2) is 11.1. The van der Waals surface area contributed by atoms with E-state index in [1.54, 1.807) is 5.10 Å². The van der Waals surface area contributed by atoms with Crippen LogP contribution in [-0.4, -0.2) is 76.2 Å². The molecule has 1 atom stereocenters. The van der Waals surface area contributed by atoms with E-state index in [1.165, 1.54) is 6.92 Å². The van der Waals surface area contributed by atoms with Gasteiger partial charge in [0.25, 0.3) is 5.56 Å². The third kappa shape index (κ3) is 7.05. The first kappa shape index (κ1) is 17.9. The third-order valence-corrected chi connectivity index (χ3v) is 4.33. The fourth-order valence-electron chi connectivity index (χ4n) is 2.69. The van der Waals surface area contributed by atoms with Crippen molar-refractivity contribution in [3.05, 3.63) is 40.1 Å². The molecule has 0 aromatic carbocycles. The van der Waals surface area contributed by atoms with Crippen LogP contribution in [0.25, 0.3) is 0 Å². The van der Waals surface area contributed by atoms with Crippen LogP contribution in [0, 0.1) is 0 Å². The second-order valence-electron chi connectivity index (χ2n) is 7.14. The van der Waals surface area contributed by atoms with Crippen LogP contribution in [0.4, 0.5) is 38.0 Å². The molecule has 16 heteroatoms. The van der Waals surface area contributed by atoms with Gasteiger partial charge in [-0.15, -0.1) is 0 Å². The fraction of sp³-hybridized carbons (Fsp3) is 0.550. The van der Waals surface area contributed by atoms with E-state index in [0.717, 1.165) is 0 Å². The van der Waals surface area contributed by atoms with Gasteiger partial charge in [-0.2, -0.15) is 31.4 Å². The van der Waals surface area contributed by atoms with Crippen LogP contribution in [0.3, 0.4) is 0 Å². The molecule has 0 radical (unpaired) electrons. The lowest BCUT2D eigenvalue weighted by atomic mass is 10.2. The van der Waals surface area contributed by atoms with Gasteiger partial charge in [-0.05, 0) is 6.92 Å². The number of halogens is 6. The van der Waals surface area contributed by atoms with Gasteiger partial charge < -0.3 is 19.9 Å². The highest BCUT2D eigenvalue weighted by molar-refractivity contribution is 5.76. The van der Waals surface area contributed by atoms with Crippen LogP contribution >= 0.6 is 0 Å².